The molecule has 0 saturated heterocycles. The van der Waals surface area contributed by atoms with Gasteiger partial charge >= 0.3 is 5.56 Å². The van der Waals surface area contributed by atoms with Crippen LogP contribution in [0.1, 0.15) is 13.8 Å². The van der Waals surface area contributed by atoms with E-state index in [0.29, 0.717) is 41.5 Å². The van der Waals surface area contributed by atoms with Crippen LogP contribution in [0.5, 0.6) is 23.0 Å². The largest absolute Gasteiger partial charge is 0.492 e. The van der Waals surface area contributed by atoms with Crippen molar-refractivity contribution in [1.82, 2.24) is 0 Å². The lowest BCUT2D eigenvalue weighted by molar-refractivity contribution is -0.704. The fourth-order valence-corrected chi connectivity index (χ4v) is 4.18. The van der Waals surface area contributed by atoms with E-state index in [1.165, 1.54) is 0 Å². The minimum atomic E-state index is -0.0619. The summed E-state index contributed by atoms with van der Waals surface area (Å²) in [4.78, 5) is 13.6. The van der Waals surface area contributed by atoms with E-state index in [1.54, 1.807) is 11.7 Å². The zero-order valence-corrected chi connectivity index (χ0v) is 17.2. The molecule has 0 unspecified atom stereocenters. The van der Waals surface area contributed by atoms with Gasteiger partial charge in [-0.25, -0.2) is 4.79 Å². The summed E-state index contributed by atoms with van der Waals surface area (Å²) < 4.78 is 24.3. The molecule has 30 heavy (non-hydrogen) atoms. The van der Waals surface area contributed by atoms with Crippen LogP contribution in [0.15, 0.2) is 47.4 Å². The van der Waals surface area contributed by atoms with E-state index < -0.39 is 0 Å². The quantitative estimate of drug-likeness (QED) is 0.482. The second-order valence-electron chi connectivity index (χ2n) is 7.13. The molecule has 1 aliphatic rings. The molecule has 0 radical (unpaired) electrons. The first kappa shape index (κ1) is 18.5. The SMILES string of the molecule is CCOc1ccc2c(c[n+](CC)c(=O)c3c4cc5c(cc4ccc23)OCO5)c1OC. The zero-order valence-electron chi connectivity index (χ0n) is 17.2. The Hall–Kier alpha value is -3.54. The topological polar surface area (TPSA) is 57.9 Å². The van der Waals surface area contributed by atoms with Crippen LogP contribution in [0, 0.1) is 0 Å². The molecule has 1 aromatic heterocycles. The normalized spacial score (nSPS) is 12.6. The second kappa shape index (κ2) is 7.06. The molecule has 152 valence electrons. The Kier molecular flexibility index (Phi) is 4.35. The number of hydrogen-bond donors (Lipinski definition) is 0. The van der Waals surface area contributed by atoms with Crippen molar-refractivity contribution in [2.24, 2.45) is 0 Å². The van der Waals surface area contributed by atoms with E-state index >= 15 is 0 Å². The van der Waals surface area contributed by atoms with Crippen LogP contribution in [0.2, 0.25) is 0 Å². The first-order valence-electron chi connectivity index (χ1n) is 10.0. The third-order valence-electron chi connectivity index (χ3n) is 5.57. The van der Waals surface area contributed by atoms with E-state index in [9.17, 15) is 4.79 Å². The van der Waals surface area contributed by atoms with E-state index in [2.05, 4.69) is 0 Å². The summed E-state index contributed by atoms with van der Waals surface area (Å²) in [6.07, 6.45) is 1.86. The van der Waals surface area contributed by atoms with E-state index in [0.717, 1.165) is 26.9 Å². The van der Waals surface area contributed by atoms with Crippen LogP contribution in [-0.2, 0) is 6.54 Å². The van der Waals surface area contributed by atoms with Gasteiger partial charge in [0.15, 0.2) is 29.2 Å². The molecule has 1 aliphatic heterocycles. The van der Waals surface area contributed by atoms with Gasteiger partial charge in [0, 0.05) is 10.8 Å². The number of benzene rings is 3. The highest BCUT2D eigenvalue weighted by Gasteiger charge is 2.22. The molecule has 0 spiro atoms. The minimum absolute atomic E-state index is 0.0619. The lowest BCUT2D eigenvalue weighted by atomic mass is 10.00. The van der Waals surface area contributed by atoms with Crippen LogP contribution in [0.25, 0.3) is 32.3 Å². The van der Waals surface area contributed by atoms with Gasteiger partial charge < -0.3 is 18.9 Å². The number of fused-ring (bicyclic) bond motifs is 6. The van der Waals surface area contributed by atoms with Crippen LogP contribution < -0.4 is 29.1 Å². The van der Waals surface area contributed by atoms with Crippen molar-refractivity contribution in [2.45, 2.75) is 20.4 Å². The molecule has 3 aromatic carbocycles. The summed E-state index contributed by atoms with van der Waals surface area (Å²) in [6, 6.07) is 11.7. The number of hydrogen-bond acceptors (Lipinski definition) is 5. The first-order valence-corrected chi connectivity index (χ1v) is 10.0. The number of methoxy groups -OCH3 is 1. The highest BCUT2D eigenvalue weighted by molar-refractivity contribution is 6.16. The summed E-state index contributed by atoms with van der Waals surface area (Å²) in [5.74, 6) is 2.64. The number of rotatable bonds is 4. The first-order chi connectivity index (χ1) is 14.7. The van der Waals surface area contributed by atoms with Crippen molar-refractivity contribution in [3.63, 3.8) is 0 Å². The van der Waals surface area contributed by atoms with Gasteiger partial charge in [0.05, 0.1) is 19.1 Å². The molecule has 0 atom stereocenters. The second-order valence-corrected chi connectivity index (χ2v) is 7.13. The van der Waals surface area contributed by atoms with E-state index in [1.807, 2.05) is 56.4 Å². The van der Waals surface area contributed by atoms with Crippen LogP contribution >= 0.6 is 0 Å². The lowest BCUT2D eigenvalue weighted by Crippen LogP contribution is -2.47. The minimum Gasteiger partial charge on any atom is -0.492 e. The van der Waals surface area contributed by atoms with Gasteiger partial charge in [-0.2, -0.15) is 4.57 Å². The molecule has 0 fully saturated rings. The Balaban J connectivity index is 2.01. The van der Waals surface area contributed by atoms with Crippen molar-refractivity contribution >= 4 is 32.3 Å². The molecule has 6 heteroatoms. The molecule has 4 aromatic rings. The van der Waals surface area contributed by atoms with Gasteiger partial charge in [0.2, 0.25) is 6.79 Å². The van der Waals surface area contributed by atoms with Gasteiger partial charge in [-0.05, 0) is 48.9 Å². The molecule has 0 N–H and O–H groups in total. The Morgan fingerprint density at radius 3 is 2.47 bits per heavy atom. The van der Waals surface area contributed by atoms with Gasteiger partial charge in [0.1, 0.15) is 11.9 Å². The van der Waals surface area contributed by atoms with E-state index in [4.69, 9.17) is 18.9 Å². The molecule has 6 nitrogen and oxygen atoms in total. The molecule has 0 saturated carbocycles. The average molecular weight is 404 g/mol. The van der Waals surface area contributed by atoms with Crippen LogP contribution in [0.4, 0.5) is 0 Å². The predicted molar refractivity (Wildman–Crippen MR) is 115 cm³/mol. The number of aryl methyl sites for hydroxylation is 1. The zero-order chi connectivity index (χ0) is 20.8. The summed E-state index contributed by atoms with van der Waals surface area (Å²) in [5, 5.41) is 5.04. The Labute approximate surface area is 173 Å². The summed E-state index contributed by atoms with van der Waals surface area (Å²) in [7, 11) is 1.62. The lowest BCUT2D eigenvalue weighted by Gasteiger charge is -2.10. The van der Waals surface area contributed by atoms with Crippen molar-refractivity contribution < 1.29 is 23.5 Å². The maximum absolute atomic E-state index is 13.6. The number of nitrogens with zero attached hydrogens (tertiary/aromatic N) is 1. The maximum atomic E-state index is 13.6. The van der Waals surface area contributed by atoms with Gasteiger partial charge in [-0.1, -0.05) is 12.1 Å². The summed E-state index contributed by atoms with van der Waals surface area (Å²) >= 11 is 0. The predicted octanol–water partition coefficient (Wildman–Crippen LogP) is 3.95. The molecular weight excluding hydrogens is 382 g/mol. The summed E-state index contributed by atoms with van der Waals surface area (Å²) in [5.41, 5.74) is -0.0619. The van der Waals surface area contributed by atoms with Crippen molar-refractivity contribution in [3.8, 4) is 23.0 Å². The van der Waals surface area contributed by atoms with Gasteiger partial charge in [-0.3, -0.25) is 0 Å². The molecule has 0 aliphatic carbocycles. The fraction of sp³-hybridized carbons (Fsp3) is 0.250. The molecule has 2 heterocycles. The van der Waals surface area contributed by atoms with Gasteiger partial charge in [0.25, 0.3) is 0 Å². The number of aromatic nitrogens is 1. The maximum Gasteiger partial charge on any atom is 0.420 e. The summed E-state index contributed by atoms with van der Waals surface area (Å²) in [6.45, 7) is 5.14. The van der Waals surface area contributed by atoms with Crippen molar-refractivity contribution in [3.05, 3.63) is 52.9 Å². The van der Waals surface area contributed by atoms with E-state index in [-0.39, 0.29) is 12.4 Å². The Morgan fingerprint density at radius 1 is 0.967 bits per heavy atom. The monoisotopic (exact) mass is 404 g/mol. The standard InChI is InChI=1S/C24H22NO5/c1-4-25-12-18-15(8-9-19(28-5-2)23(18)27-3)16-7-6-14-10-20-21(30-13-29-20)11-17(14)22(16)24(25)26/h6-12H,4-5,13H2,1-3H3/q+1. The van der Waals surface area contributed by atoms with Gasteiger partial charge in [-0.15, -0.1) is 0 Å². The molecule has 5 rings (SSSR count). The van der Waals surface area contributed by atoms with Crippen molar-refractivity contribution in [2.75, 3.05) is 20.5 Å². The molecular formula is C24H22NO5+. The highest BCUT2D eigenvalue weighted by Crippen LogP contribution is 2.40. The fourth-order valence-electron chi connectivity index (χ4n) is 4.18. The highest BCUT2D eigenvalue weighted by atomic mass is 16.7. The smallest absolute Gasteiger partial charge is 0.420 e. The third kappa shape index (κ3) is 2.64. The Bertz CT molecular complexity index is 1380. The Morgan fingerprint density at radius 2 is 1.73 bits per heavy atom. The third-order valence-corrected chi connectivity index (χ3v) is 5.57. The number of ether oxygens (including phenoxy) is 4. The van der Waals surface area contributed by atoms with Crippen molar-refractivity contribution in [1.29, 1.82) is 0 Å². The average Bonchev–Trinajstić information content (AvgIpc) is 3.17. The molecule has 0 bridgehead atoms. The van der Waals surface area contributed by atoms with Crippen LogP contribution in [0.3, 0.4) is 0 Å². The van der Waals surface area contributed by atoms with Crippen LogP contribution in [-0.4, -0.2) is 20.5 Å². The molecule has 0 amide bonds.